The quantitative estimate of drug-likeness (QED) is 0.558. The average molecular weight is 175 g/mol. The molecular formula is C10H10NP. The summed E-state index contributed by atoms with van der Waals surface area (Å²) in [5.41, 5.74) is 2.15. The minimum atomic E-state index is 1.07. The molecule has 1 unspecified atom stereocenters. The second-order valence-corrected chi connectivity index (χ2v) is 3.49. The minimum absolute atomic E-state index is 1.07. The van der Waals surface area contributed by atoms with E-state index < -0.39 is 0 Å². The van der Waals surface area contributed by atoms with Crippen LogP contribution in [-0.2, 0) is 0 Å². The molecular weight excluding hydrogens is 165 g/mol. The third kappa shape index (κ3) is 1.21. The van der Waals surface area contributed by atoms with E-state index in [4.69, 9.17) is 0 Å². The van der Waals surface area contributed by atoms with Crippen LogP contribution in [0.1, 0.15) is 5.69 Å². The molecule has 0 spiro atoms. The van der Waals surface area contributed by atoms with Gasteiger partial charge in [-0.15, -0.1) is 9.24 Å². The molecule has 1 aromatic heterocycles. The van der Waals surface area contributed by atoms with Gasteiger partial charge in [-0.3, -0.25) is 4.98 Å². The Hall–Kier alpha value is -0.940. The molecule has 60 valence electrons. The molecule has 0 fully saturated rings. The van der Waals surface area contributed by atoms with Gasteiger partial charge < -0.3 is 0 Å². The maximum Gasteiger partial charge on any atom is 0.0776 e. The Kier molecular flexibility index (Phi) is 1.82. The molecule has 0 amide bonds. The molecule has 0 aliphatic carbocycles. The summed E-state index contributed by atoms with van der Waals surface area (Å²) in [5, 5.41) is 2.37. The van der Waals surface area contributed by atoms with Crippen LogP contribution in [0.5, 0.6) is 0 Å². The van der Waals surface area contributed by atoms with Gasteiger partial charge in [-0.1, -0.05) is 24.3 Å². The zero-order valence-corrected chi connectivity index (χ0v) is 8.07. The van der Waals surface area contributed by atoms with Crippen LogP contribution in [0.2, 0.25) is 0 Å². The highest BCUT2D eigenvalue weighted by molar-refractivity contribution is 7.28. The minimum Gasteiger partial charge on any atom is -0.252 e. The molecule has 1 heterocycles. The number of rotatable bonds is 0. The summed E-state index contributed by atoms with van der Waals surface area (Å²) in [6.45, 7) is 2.01. The number of fused-ring (bicyclic) bond motifs is 1. The van der Waals surface area contributed by atoms with Crippen LogP contribution in [0.15, 0.2) is 30.3 Å². The maximum atomic E-state index is 4.45. The summed E-state index contributed by atoms with van der Waals surface area (Å²) in [4.78, 5) is 4.45. The van der Waals surface area contributed by atoms with Crippen LogP contribution in [0.3, 0.4) is 0 Å². The number of pyridine rings is 1. The van der Waals surface area contributed by atoms with E-state index in [0.717, 1.165) is 16.5 Å². The molecule has 2 rings (SSSR count). The van der Waals surface area contributed by atoms with E-state index in [9.17, 15) is 0 Å². The number of hydrogen-bond acceptors (Lipinski definition) is 1. The summed E-state index contributed by atoms with van der Waals surface area (Å²) in [5.74, 6) is 0. The maximum absolute atomic E-state index is 4.45. The molecule has 0 bridgehead atoms. The standard InChI is InChI=1S/C10H10NP/c1-7-5-6-8-3-2-4-9(12)10(8)11-7/h2-6H,12H2,1H3. The summed E-state index contributed by atoms with van der Waals surface area (Å²) >= 11 is 0. The van der Waals surface area contributed by atoms with Crippen molar-refractivity contribution in [2.24, 2.45) is 0 Å². The highest BCUT2D eigenvalue weighted by Gasteiger charge is 1.96. The van der Waals surface area contributed by atoms with Gasteiger partial charge in [-0.05, 0) is 18.3 Å². The molecule has 0 saturated carbocycles. The van der Waals surface area contributed by atoms with Gasteiger partial charge in [0.15, 0.2) is 0 Å². The van der Waals surface area contributed by atoms with Gasteiger partial charge in [0.05, 0.1) is 5.52 Å². The van der Waals surface area contributed by atoms with Crippen LogP contribution in [0, 0.1) is 6.92 Å². The van der Waals surface area contributed by atoms with Crippen LogP contribution in [0.25, 0.3) is 10.9 Å². The molecule has 0 aliphatic rings. The number of aryl methyl sites for hydroxylation is 1. The fourth-order valence-corrected chi connectivity index (χ4v) is 1.61. The lowest BCUT2D eigenvalue weighted by molar-refractivity contribution is 1.26. The first-order chi connectivity index (χ1) is 5.77. The highest BCUT2D eigenvalue weighted by Crippen LogP contribution is 2.11. The first-order valence-corrected chi connectivity index (χ1v) is 4.47. The van der Waals surface area contributed by atoms with Crippen molar-refractivity contribution in [2.45, 2.75) is 6.92 Å². The van der Waals surface area contributed by atoms with Crippen LogP contribution < -0.4 is 5.30 Å². The fraction of sp³-hybridized carbons (Fsp3) is 0.100. The third-order valence-corrected chi connectivity index (χ3v) is 2.36. The molecule has 1 aromatic carbocycles. The lowest BCUT2D eigenvalue weighted by Gasteiger charge is -2.00. The molecule has 2 aromatic rings. The molecule has 1 atom stereocenters. The summed E-state index contributed by atoms with van der Waals surface area (Å²) in [7, 11) is 2.70. The third-order valence-electron chi connectivity index (χ3n) is 1.89. The molecule has 0 saturated heterocycles. The Morgan fingerprint density at radius 1 is 1.17 bits per heavy atom. The SMILES string of the molecule is Cc1ccc2cccc(P)c2n1. The Morgan fingerprint density at radius 2 is 2.00 bits per heavy atom. The van der Waals surface area contributed by atoms with Gasteiger partial charge in [0.2, 0.25) is 0 Å². The van der Waals surface area contributed by atoms with Crippen LogP contribution in [0.4, 0.5) is 0 Å². The smallest absolute Gasteiger partial charge is 0.0776 e. The molecule has 1 nitrogen and oxygen atoms in total. The topological polar surface area (TPSA) is 12.9 Å². The van der Waals surface area contributed by atoms with E-state index in [1.165, 1.54) is 5.39 Å². The van der Waals surface area contributed by atoms with Crippen LogP contribution >= 0.6 is 9.24 Å². The molecule has 0 N–H and O–H groups in total. The Morgan fingerprint density at radius 3 is 2.83 bits per heavy atom. The van der Waals surface area contributed by atoms with Crippen molar-refractivity contribution in [3.8, 4) is 0 Å². The van der Waals surface area contributed by atoms with Crippen molar-refractivity contribution in [3.05, 3.63) is 36.0 Å². The zero-order chi connectivity index (χ0) is 8.55. The van der Waals surface area contributed by atoms with Crippen molar-refractivity contribution in [1.29, 1.82) is 0 Å². The second-order valence-electron chi connectivity index (χ2n) is 2.87. The first kappa shape index (κ1) is 7.70. The lowest BCUT2D eigenvalue weighted by Crippen LogP contribution is -1.95. The van der Waals surface area contributed by atoms with E-state index in [2.05, 4.69) is 32.4 Å². The van der Waals surface area contributed by atoms with E-state index in [-0.39, 0.29) is 0 Å². The van der Waals surface area contributed by atoms with Crippen molar-refractivity contribution in [3.63, 3.8) is 0 Å². The number of benzene rings is 1. The van der Waals surface area contributed by atoms with Gasteiger partial charge in [0.25, 0.3) is 0 Å². The van der Waals surface area contributed by atoms with Gasteiger partial charge >= 0.3 is 0 Å². The van der Waals surface area contributed by atoms with Crippen molar-refractivity contribution in [1.82, 2.24) is 4.98 Å². The number of para-hydroxylation sites is 1. The number of hydrogen-bond donors (Lipinski definition) is 0. The van der Waals surface area contributed by atoms with E-state index in [1.54, 1.807) is 0 Å². The second kappa shape index (κ2) is 2.84. The van der Waals surface area contributed by atoms with Gasteiger partial charge in [-0.2, -0.15) is 0 Å². The Bertz CT molecular complexity index is 423. The lowest BCUT2D eigenvalue weighted by atomic mass is 10.2. The summed E-state index contributed by atoms with van der Waals surface area (Å²) < 4.78 is 0. The molecule has 0 radical (unpaired) electrons. The first-order valence-electron chi connectivity index (χ1n) is 3.89. The molecule has 2 heteroatoms. The van der Waals surface area contributed by atoms with Crippen molar-refractivity contribution in [2.75, 3.05) is 0 Å². The van der Waals surface area contributed by atoms with Crippen molar-refractivity contribution >= 4 is 25.4 Å². The van der Waals surface area contributed by atoms with E-state index in [0.29, 0.717) is 0 Å². The Balaban J connectivity index is 2.88. The number of nitrogens with zero attached hydrogens (tertiary/aromatic N) is 1. The van der Waals surface area contributed by atoms with Gasteiger partial charge in [0.1, 0.15) is 0 Å². The Labute approximate surface area is 74.0 Å². The average Bonchev–Trinajstić information content (AvgIpc) is 2.07. The van der Waals surface area contributed by atoms with Crippen LogP contribution in [-0.4, -0.2) is 4.98 Å². The normalized spacial score (nSPS) is 10.5. The highest BCUT2D eigenvalue weighted by atomic mass is 31.0. The summed E-state index contributed by atoms with van der Waals surface area (Å²) in [6, 6.07) is 10.3. The van der Waals surface area contributed by atoms with Gasteiger partial charge in [-0.25, -0.2) is 0 Å². The molecule has 12 heavy (non-hydrogen) atoms. The van der Waals surface area contributed by atoms with Crippen molar-refractivity contribution < 1.29 is 0 Å². The van der Waals surface area contributed by atoms with E-state index >= 15 is 0 Å². The monoisotopic (exact) mass is 175 g/mol. The van der Waals surface area contributed by atoms with E-state index in [1.807, 2.05) is 19.1 Å². The summed E-state index contributed by atoms with van der Waals surface area (Å²) in [6.07, 6.45) is 0. The number of aromatic nitrogens is 1. The predicted molar refractivity (Wildman–Crippen MR) is 55.8 cm³/mol. The zero-order valence-electron chi connectivity index (χ0n) is 6.91. The molecule has 0 aliphatic heterocycles. The predicted octanol–water partition coefficient (Wildman–Crippen LogP) is 2.04. The fourth-order valence-electron chi connectivity index (χ4n) is 1.27. The van der Waals surface area contributed by atoms with Gasteiger partial charge in [0, 0.05) is 11.1 Å². The largest absolute Gasteiger partial charge is 0.252 e.